The molecule has 3 rings (SSSR count). The first kappa shape index (κ1) is 23.2. The predicted octanol–water partition coefficient (Wildman–Crippen LogP) is 6.41. The highest BCUT2D eigenvalue weighted by molar-refractivity contribution is 9.10. The van der Waals surface area contributed by atoms with Crippen LogP contribution in [0.5, 0.6) is 5.75 Å². The average molecular weight is 531 g/mol. The summed E-state index contributed by atoms with van der Waals surface area (Å²) < 4.78 is 11.5. The number of imide groups is 1. The van der Waals surface area contributed by atoms with Crippen LogP contribution in [-0.4, -0.2) is 36.3 Å². The number of hydrogen-bond acceptors (Lipinski definition) is 5. The highest BCUT2D eigenvalue weighted by Gasteiger charge is 2.34. The molecule has 0 spiro atoms. The Morgan fingerprint density at radius 3 is 2.63 bits per heavy atom. The average Bonchev–Trinajstić information content (AvgIpc) is 2.97. The van der Waals surface area contributed by atoms with Crippen LogP contribution in [0, 0.1) is 0 Å². The Morgan fingerprint density at radius 1 is 1.13 bits per heavy atom. The lowest BCUT2D eigenvalue weighted by Gasteiger charge is -2.11. The van der Waals surface area contributed by atoms with Crippen molar-refractivity contribution in [1.29, 1.82) is 0 Å². The lowest BCUT2D eigenvalue weighted by molar-refractivity contribution is -0.122. The first-order valence-corrected chi connectivity index (χ1v) is 11.4. The molecule has 1 heterocycles. The van der Waals surface area contributed by atoms with Crippen molar-refractivity contribution in [2.75, 3.05) is 20.3 Å². The number of ether oxygens (including phenoxy) is 2. The molecule has 0 unspecified atom stereocenters. The van der Waals surface area contributed by atoms with Gasteiger partial charge in [0.2, 0.25) is 0 Å². The van der Waals surface area contributed by atoms with Crippen molar-refractivity contribution in [2.45, 2.75) is 13.0 Å². The van der Waals surface area contributed by atoms with E-state index in [9.17, 15) is 9.59 Å². The minimum Gasteiger partial charge on any atom is -0.488 e. The van der Waals surface area contributed by atoms with Crippen LogP contribution < -0.4 is 4.74 Å². The van der Waals surface area contributed by atoms with Gasteiger partial charge in [-0.15, -0.1) is 0 Å². The molecule has 5 nitrogen and oxygen atoms in total. The van der Waals surface area contributed by atoms with E-state index in [0.29, 0.717) is 46.9 Å². The Balaban J connectivity index is 1.66. The molecule has 0 radical (unpaired) electrons. The number of thioether (sulfide) groups is 1. The second kappa shape index (κ2) is 10.7. The summed E-state index contributed by atoms with van der Waals surface area (Å²) in [6.07, 6.45) is 2.31. The normalized spacial score (nSPS) is 15.3. The van der Waals surface area contributed by atoms with Crippen LogP contribution in [0.25, 0.3) is 6.08 Å². The Hall–Kier alpha value is -1.51. The molecule has 1 aliphatic heterocycles. The largest absolute Gasteiger partial charge is 0.488 e. The van der Waals surface area contributed by atoms with E-state index in [-0.39, 0.29) is 11.1 Å². The zero-order chi connectivity index (χ0) is 21.7. The number of hydrogen-bond donors (Lipinski definition) is 0. The van der Waals surface area contributed by atoms with Gasteiger partial charge in [0, 0.05) is 20.3 Å². The van der Waals surface area contributed by atoms with Gasteiger partial charge in [-0.05, 0) is 75.6 Å². The summed E-state index contributed by atoms with van der Waals surface area (Å²) in [5.41, 5.74) is 1.67. The topological polar surface area (TPSA) is 55.8 Å². The van der Waals surface area contributed by atoms with E-state index < -0.39 is 0 Å². The molecular weight excluding hydrogens is 513 g/mol. The molecule has 1 aliphatic rings. The van der Waals surface area contributed by atoms with E-state index in [0.717, 1.165) is 27.4 Å². The number of methoxy groups -OCH3 is 1. The minimum absolute atomic E-state index is 0.261. The fourth-order valence-electron chi connectivity index (χ4n) is 2.73. The Kier molecular flexibility index (Phi) is 8.25. The molecule has 0 N–H and O–H groups in total. The van der Waals surface area contributed by atoms with Gasteiger partial charge in [-0.25, -0.2) is 0 Å². The van der Waals surface area contributed by atoms with Gasteiger partial charge in [0.25, 0.3) is 11.1 Å². The molecule has 2 aromatic carbocycles. The third-order valence-corrected chi connectivity index (χ3v) is 6.50. The fourth-order valence-corrected chi connectivity index (χ4v) is 4.42. The summed E-state index contributed by atoms with van der Waals surface area (Å²) in [5, 5.41) is 0.709. The summed E-state index contributed by atoms with van der Waals surface area (Å²) in [6.45, 7) is 1.17. The number of halogens is 3. The van der Waals surface area contributed by atoms with E-state index >= 15 is 0 Å². The SMILES string of the molecule is COCCCN1C(=O)S/C(=C/c2ccc(OCc3ccc(Cl)c(Cl)c3)c(Br)c2)C1=O. The standard InChI is InChI=1S/C21H18BrCl2NO4S/c1-28-8-2-7-25-20(26)19(30-21(25)27)11-13-4-6-18(15(22)9-13)29-12-14-3-5-16(23)17(24)10-14/h3-6,9-11H,2,7-8,12H2,1H3/b19-11+. The van der Waals surface area contributed by atoms with Gasteiger partial charge >= 0.3 is 0 Å². The molecule has 158 valence electrons. The molecule has 0 bridgehead atoms. The third-order valence-electron chi connectivity index (χ3n) is 4.24. The van der Waals surface area contributed by atoms with Crippen LogP contribution >= 0.6 is 50.9 Å². The van der Waals surface area contributed by atoms with E-state index in [1.54, 1.807) is 31.4 Å². The van der Waals surface area contributed by atoms with Crippen LogP contribution in [0.4, 0.5) is 4.79 Å². The van der Waals surface area contributed by atoms with Gasteiger partial charge in [0.1, 0.15) is 12.4 Å². The molecule has 2 aromatic rings. The highest BCUT2D eigenvalue weighted by atomic mass is 79.9. The van der Waals surface area contributed by atoms with Crippen molar-refractivity contribution in [3.05, 3.63) is 66.9 Å². The maximum absolute atomic E-state index is 12.5. The summed E-state index contributed by atoms with van der Waals surface area (Å²) >= 11 is 16.4. The molecule has 0 atom stereocenters. The second-order valence-electron chi connectivity index (χ2n) is 6.41. The van der Waals surface area contributed by atoms with Crippen LogP contribution in [-0.2, 0) is 16.1 Å². The molecule has 0 aliphatic carbocycles. The second-order valence-corrected chi connectivity index (χ2v) is 9.07. The number of benzene rings is 2. The zero-order valence-electron chi connectivity index (χ0n) is 16.0. The van der Waals surface area contributed by atoms with Gasteiger partial charge in [-0.2, -0.15) is 0 Å². The summed E-state index contributed by atoms with van der Waals surface area (Å²) in [6, 6.07) is 10.8. The Bertz CT molecular complexity index is 999. The number of rotatable bonds is 8. The smallest absolute Gasteiger partial charge is 0.293 e. The highest BCUT2D eigenvalue weighted by Crippen LogP contribution is 2.34. The predicted molar refractivity (Wildman–Crippen MR) is 124 cm³/mol. The van der Waals surface area contributed by atoms with Gasteiger partial charge < -0.3 is 9.47 Å². The van der Waals surface area contributed by atoms with Crippen LogP contribution in [0.3, 0.4) is 0 Å². The van der Waals surface area contributed by atoms with Crippen molar-refractivity contribution in [1.82, 2.24) is 4.90 Å². The van der Waals surface area contributed by atoms with E-state index in [1.807, 2.05) is 18.2 Å². The molecule has 1 fully saturated rings. The van der Waals surface area contributed by atoms with Crippen molar-refractivity contribution < 1.29 is 19.1 Å². The van der Waals surface area contributed by atoms with Gasteiger partial charge in [0.15, 0.2) is 0 Å². The zero-order valence-corrected chi connectivity index (χ0v) is 19.9. The molecule has 9 heteroatoms. The molecule has 30 heavy (non-hydrogen) atoms. The van der Waals surface area contributed by atoms with E-state index in [1.165, 1.54) is 4.90 Å². The van der Waals surface area contributed by atoms with E-state index in [2.05, 4.69) is 15.9 Å². The van der Waals surface area contributed by atoms with Gasteiger partial charge in [-0.3, -0.25) is 14.5 Å². The van der Waals surface area contributed by atoms with Crippen LogP contribution in [0.15, 0.2) is 45.8 Å². The molecule has 2 amide bonds. The maximum Gasteiger partial charge on any atom is 0.293 e. The summed E-state index contributed by atoms with van der Waals surface area (Å²) in [5.74, 6) is 0.364. The number of carbonyl (C=O) groups is 2. The maximum atomic E-state index is 12.5. The third kappa shape index (κ3) is 5.80. The monoisotopic (exact) mass is 529 g/mol. The quantitative estimate of drug-likeness (QED) is 0.291. The number of carbonyl (C=O) groups excluding carboxylic acids is 2. The first-order valence-electron chi connectivity index (χ1n) is 8.99. The van der Waals surface area contributed by atoms with Gasteiger partial charge in [-0.1, -0.05) is 35.3 Å². The van der Waals surface area contributed by atoms with Gasteiger partial charge in [0.05, 0.1) is 19.4 Å². The molecule has 1 saturated heterocycles. The lowest BCUT2D eigenvalue weighted by Crippen LogP contribution is -2.29. The van der Waals surface area contributed by atoms with Crippen LogP contribution in [0.2, 0.25) is 10.0 Å². The molecule has 0 saturated carbocycles. The summed E-state index contributed by atoms with van der Waals surface area (Å²) in [7, 11) is 1.59. The lowest BCUT2D eigenvalue weighted by atomic mass is 10.2. The Labute approximate surface area is 197 Å². The van der Waals surface area contributed by atoms with Crippen molar-refractivity contribution in [3.63, 3.8) is 0 Å². The molecule has 0 aromatic heterocycles. The number of nitrogens with zero attached hydrogens (tertiary/aromatic N) is 1. The van der Waals surface area contributed by atoms with Crippen LogP contribution in [0.1, 0.15) is 17.5 Å². The van der Waals surface area contributed by atoms with Crippen molar-refractivity contribution in [3.8, 4) is 5.75 Å². The fraction of sp³-hybridized carbons (Fsp3) is 0.238. The van der Waals surface area contributed by atoms with Crippen molar-refractivity contribution >= 4 is 68.1 Å². The first-order chi connectivity index (χ1) is 14.4. The number of amides is 2. The summed E-state index contributed by atoms with van der Waals surface area (Å²) in [4.78, 5) is 26.2. The van der Waals surface area contributed by atoms with Crippen molar-refractivity contribution in [2.24, 2.45) is 0 Å². The minimum atomic E-state index is -0.280. The Morgan fingerprint density at radius 2 is 1.93 bits per heavy atom. The van der Waals surface area contributed by atoms with E-state index in [4.69, 9.17) is 32.7 Å². The molecular formula is C21H18BrCl2NO4S.